The van der Waals surface area contributed by atoms with E-state index in [-0.39, 0.29) is 0 Å². The minimum atomic E-state index is 0.728. The van der Waals surface area contributed by atoms with Crippen molar-refractivity contribution in [2.24, 2.45) is 5.92 Å². The van der Waals surface area contributed by atoms with Crippen LogP contribution in [-0.4, -0.2) is 19.6 Å². The Balaban J connectivity index is 1.81. The molecular weight excluding hydrogens is 232 g/mol. The molecule has 1 saturated carbocycles. The van der Waals surface area contributed by atoms with Gasteiger partial charge in [-0.05, 0) is 56.1 Å². The van der Waals surface area contributed by atoms with Gasteiger partial charge >= 0.3 is 0 Å². The van der Waals surface area contributed by atoms with Crippen molar-refractivity contribution in [3.8, 4) is 0 Å². The average Bonchev–Trinajstić information content (AvgIpc) is 2.47. The highest BCUT2D eigenvalue weighted by Gasteiger charge is 2.24. The zero-order valence-electron chi connectivity index (χ0n) is 12.3. The third-order valence-corrected chi connectivity index (χ3v) is 4.97. The molecule has 0 atom stereocenters. The molecule has 1 aromatic carbocycles. The average molecular weight is 258 g/mol. The van der Waals surface area contributed by atoms with Crippen molar-refractivity contribution < 1.29 is 0 Å². The monoisotopic (exact) mass is 258 g/mol. The van der Waals surface area contributed by atoms with Crippen molar-refractivity contribution in [2.75, 3.05) is 23.8 Å². The Morgan fingerprint density at radius 2 is 1.95 bits per heavy atom. The number of hydrogen-bond acceptors (Lipinski definition) is 2. The Hall–Kier alpha value is -1.18. The zero-order valence-corrected chi connectivity index (χ0v) is 12.3. The Bertz CT molecular complexity index is 433. The molecule has 0 radical (unpaired) electrons. The van der Waals surface area contributed by atoms with Gasteiger partial charge in [-0.25, -0.2) is 0 Å². The van der Waals surface area contributed by atoms with Crippen LogP contribution in [-0.2, 0) is 6.42 Å². The summed E-state index contributed by atoms with van der Waals surface area (Å²) in [6, 6.07) is 7.52. The van der Waals surface area contributed by atoms with Gasteiger partial charge in [-0.3, -0.25) is 0 Å². The van der Waals surface area contributed by atoms with Crippen LogP contribution < -0.4 is 10.2 Å². The van der Waals surface area contributed by atoms with E-state index in [0.29, 0.717) is 0 Å². The number of aryl methyl sites for hydroxylation is 1. The van der Waals surface area contributed by atoms with Gasteiger partial charge in [-0.1, -0.05) is 19.1 Å². The lowest BCUT2D eigenvalue weighted by Gasteiger charge is -2.37. The van der Waals surface area contributed by atoms with Gasteiger partial charge in [-0.2, -0.15) is 0 Å². The number of benzene rings is 1. The van der Waals surface area contributed by atoms with Crippen LogP contribution in [0.1, 0.15) is 44.6 Å². The number of anilines is 2. The van der Waals surface area contributed by atoms with Crippen LogP contribution in [0.5, 0.6) is 0 Å². The molecular formula is C17H26N2. The first-order valence-electron chi connectivity index (χ1n) is 7.84. The van der Waals surface area contributed by atoms with Crippen molar-refractivity contribution in [2.45, 2.75) is 51.5 Å². The van der Waals surface area contributed by atoms with Crippen molar-refractivity contribution in [1.82, 2.24) is 0 Å². The largest absolute Gasteiger partial charge is 0.383 e. The first-order chi connectivity index (χ1) is 9.25. The molecule has 1 fully saturated rings. The molecule has 2 heteroatoms. The van der Waals surface area contributed by atoms with Crippen LogP contribution in [0.25, 0.3) is 0 Å². The quantitative estimate of drug-likeness (QED) is 0.860. The summed E-state index contributed by atoms with van der Waals surface area (Å²) in [6.45, 7) is 3.52. The highest BCUT2D eigenvalue weighted by Crippen LogP contribution is 2.36. The lowest BCUT2D eigenvalue weighted by molar-refractivity contribution is 0.341. The lowest BCUT2D eigenvalue weighted by Crippen LogP contribution is -2.35. The van der Waals surface area contributed by atoms with Crippen LogP contribution in [0.15, 0.2) is 18.2 Å². The minimum absolute atomic E-state index is 0.728. The van der Waals surface area contributed by atoms with Crippen molar-refractivity contribution in [3.05, 3.63) is 23.8 Å². The molecule has 0 saturated heterocycles. The summed E-state index contributed by atoms with van der Waals surface area (Å²) in [5.41, 5.74) is 4.31. The predicted molar refractivity (Wildman–Crippen MR) is 83.1 cm³/mol. The third kappa shape index (κ3) is 2.58. The van der Waals surface area contributed by atoms with Crippen molar-refractivity contribution >= 4 is 11.4 Å². The molecule has 1 heterocycles. The second kappa shape index (κ2) is 5.44. The number of nitrogens with zero attached hydrogens (tertiary/aromatic N) is 1. The second-order valence-corrected chi connectivity index (χ2v) is 6.37. The van der Waals surface area contributed by atoms with E-state index >= 15 is 0 Å². The fraction of sp³-hybridized carbons (Fsp3) is 0.647. The Morgan fingerprint density at radius 3 is 2.74 bits per heavy atom. The van der Waals surface area contributed by atoms with Crippen LogP contribution >= 0.6 is 0 Å². The van der Waals surface area contributed by atoms with Crippen molar-refractivity contribution in [1.29, 1.82) is 0 Å². The van der Waals surface area contributed by atoms with Gasteiger partial charge in [0.05, 0.1) is 11.4 Å². The Morgan fingerprint density at radius 1 is 1.16 bits per heavy atom. The third-order valence-electron chi connectivity index (χ3n) is 4.97. The fourth-order valence-corrected chi connectivity index (χ4v) is 3.61. The van der Waals surface area contributed by atoms with Gasteiger partial charge in [-0.15, -0.1) is 0 Å². The van der Waals surface area contributed by atoms with E-state index < -0.39 is 0 Å². The van der Waals surface area contributed by atoms with E-state index in [9.17, 15) is 0 Å². The highest BCUT2D eigenvalue weighted by molar-refractivity contribution is 5.74. The standard InChI is InChI=1S/C17H26N2/c1-13-8-10-15(11-9-13)19(2)16-7-3-5-14-6-4-12-18-17(14)16/h3,5,7,13,15,18H,4,6,8-12H2,1-2H3. The molecule has 0 aromatic heterocycles. The lowest BCUT2D eigenvalue weighted by atomic mass is 9.86. The molecule has 2 aliphatic rings. The molecule has 0 unspecified atom stereocenters. The topological polar surface area (TPSA) is 15.3 Å². The first-order valence-corrected chi connectivity index (χ1v) is 7.84. The molecule has 104 valence electrons. The normalized spacial score (nSPS) is 26.4. The van der Waals surface area contributed by atoms with Crippen LogP contribution in [0, 0.1) is 5.92 Å². The summed E-state index contributed by atoms with van der Waals surface area (Å²) < 4.78 is 0. The zero-order chi connectivity index (χ0) is 13.2. The molecule has 1 aliphatic heterocycles. The number of nitrogens with one attached hydrogen (secondary N) is 1. The smallest absolute Gasteiger partial charge is 0.0610 e. The van der Waals surface area contributed by atoms with Gasteiger partial charge in [0.2, 0.25) is 0 Å². The maximum Gasteiger partial charge on any atom is 0.0610 e. The Kier molecular flexibility index (Phi) is 3.67. The van der Waals surface area contributed by atoms with Crippen LogP contribution in [0.3, 0.4) is 0 Å². The van der Waals surface area contributed by atoms with E-state index in [2.05, 4.69) is 42.4 Å². The van der Waals surface area contributed by atoms with E-state index in [0.717, 1.165) is 18.5 Å². The number of para-hydroxylation sites is 1. The molecule has 1 N–H and O–H groups in total. The minimum Gasteiger partial charge on any atom is -0.383 e. The first kappa shape index (κ1) is 12.8. The molecule has 0 amide bonds. The molecule has 1 aromatic rings. The summed E-state index contributed by atoms with van der Waals surface area (Å²) in [5, 5.41) is 3.62. The van der Waals surface area contributed by atoms with Gasteiger partial charge in [0.15, 0.2) is 0 Å². The van der Waals surface area contributed by atoms with Gasteiger partial charge in [0, 0.05) is 19.6 Å². The number of hydrogen-bond donors (Lipinski definition) is 1. The van der Waals surface area contributed by atoms with E-state index in [1.807, 2.05) is 0 Å². The van der Waals surface area contributed by atoms with Gasteiger partial charge in [0.25, 0.3) is 0 Å². The maximum atomic E-state index is 3.62. The SMILES string of the molecule is CC1CCC(N(C)c2cccc3c2NCCC3)CC1. The summed E-state index contributed by atoms with van der Waals surface area (Å²) in [6.07, 6.45) is 7.96. The van der Waals surface area contributed by atoms with E-state index in [4.69, 9.17) is 0 Å². The second-order valence-electron chi connectivity index (χ2n) is 6.37. The summed E-state index contributed by atoms with van der Waals surface area (Å²) >= 11 is 0. The van der Waals surface area contributed by atoms with Gasteiger partial charge < -0.3 is 10.2 Å². The maximum absolute atomic E-state index is 3.62. The fourth-order valence-electron chi connectivity index (χ4n) is 3.61. The van der Waals surface area contributed by atoms with Crippen LogP contribution in [0.2, 0.25) is 0 Å². The molecule has 19 heavy (non-hydrogen) atoms. The molecule has 2 nitrogen and oxygen atoms in total. The predicted octanol–water partition coefficient (Wildman–Crippen LogP) is 4.06. The molecule has 0 bridgehead atoms. The number of rotatable bonds is 2. The molecule has 3 rings (SSSR count). The van der Waals surface area contributed by atoms with E-state index in [1.54, 1.807) is 0 Å². The summed E-state index contributed by atoms with van der Waals surface area (Å²) in [4.78, 5) is 2.53. The molecule has 0 spiro atoms. The summed E-state index contributed by atoms with van der Waals surface area (Å²) in [7, 11) is 2.28. The van der Waals surface area contributed by atoms with Crippen LogP contribution in [0.4, 0.5) is 11.4 Å². The number of fused-ring (bicyclic) bond motifs is 1. The van der Waals surface area contributed by atoms with Crippen molar-refractivity contribution in [3.63, 3.8) is 0 Å². The highest BCUT2D eigenvalue weighted by atomic mass is 15.2. The molecule has 1 aliphatic carbocycles. The van der Waals surface area contributed by atoms with Gasteiger partial charge in [0.1, 0.15) is 0 Å². The summed E-state index contributed by atoms with van der Waals surface area (Å²) in [5.74, 6) is 0.924. The Labute approximate surface area is 117 Å². The van der Waals surface area contributed by atoms with E-state index in [1.165, 1.54) is 55.5 Å².